The topological polar surface area (TPSA) is 29.4 Å². The monoisotopic (exact) mass is 331 g/mol. The first-order valence-electron chi connectivity index (χ1n) is 9.11. The van der Waals surface area contributed by atoms with Crippen LogP contribution in [0.5, 0.6) is 0 Å². The predicted molar refractivity (Wildman–Crippen MR) is 105 cm³/mol. The number of rotatable bonds is 5. The van der Waals surface area contributed by atoms with E-state index in [-0.39, 0.29) is 11.8 Å². The number of carbonyl (C=O) groups excluding carboxylic acids is 1. The zero-order valence-corrected chi connectivity index (χ0v) is 14.8. The van der Waals surface area contributed by atoms with Gasteiger partial charge in [-0.15, -0.1) is 0 Å². The molecule has 0 fully saturated rings. The van der Waals surface area contributed by atoms with Gasteiger partial charge >= 0.3 is 0 Å². The van der Waals surface area contributed by atoms with Crippen molar-refractivity contribution < 1.29 is 4.79 Å². The molecule has 1 aromatic rings. The first kappa shape index (κ1) is 17.3. The number of aliphatic imine (C=N–C) groups is 1. The lowest BCUT2D eigenvalue weighted by Gasteiger charge is -2.06. The van der Waals surface area contributed by atoms with Crippen LogP contribution >= 0.6 is 0 Å². The molecule has 1 aromatic carbocycles. The lowest BCUT2D eigenvalue weighted by atomic mass is 10.0. The van der Waals surface area contributed by atoms with Gasteiger partial charge in [0.2, 0.25) is 0 Å². The smallest absolute Gasteiger partial charge is 0.159 e. The van der Waals surface area contributed by atoms with Gasteiger partial charge < -0.3 is 0 Å². The molecule has 25 heavy (non-hydrogen) atoms. The number of aryl methyl sites for hydroxylation is 1. The van der Waals surface area contributed by atoms with Gasteiger partial charge in [-0.3, -0.25) is 9.79 Å². The number of nitrogens with zero attached hydrogens (tertiary/aromatic N) is 1. The van der Waals surface area contributed by atoms with E-state index in [4.69, 9.17) is 0 Å². The van der Waals surface area contributed by atoms with Crippen molar-refractivity contribution in [1.29, 1.82) is 0 Å². The molecule has 0 saturated carbocycles. The molecule has 2 heteroatoms. The summed E-state index contributed by atoms with van der Waals surface area (Å²) in [5.41, 5.74) is 4.50. The highest BCUT2D eigenvalue weighted by molar-refractivity contribution is 5.94. The number of allylic oxidation sites excluding steroid dienone is 7. The second kappa shape index (κ2) is 8.57. The Labute approximate surface area is 150 Å². The van der Waals surface area contributed by atoms with Gasteiger partial charge in [0.25, 0.3) is 0 Å². The van der Waals surface area contributed by atoms with Crippen molar-refractivity contribution in [3.8, 4) is 0 Å². The molecule has 2 aliphatic rings. The minimum atomic E-state index is 0.116. The molecule has 128 valence electrons. The minimum Gasteiger partial charge on any atom is -0.295 e. The van der Waals surface area contributed by atoms with E-state index in [1.807, 2.05) is 30.5 Å². The normalized spacial score (nSPS) is 24.4. The molecule has 0 aromatic heterocycles. The molecule has 0 N–H and O–H groups in total. The predicted octanol–water partition coefficient (Wildman–Crippen LogP) is 5.42. The Morgan fingerprint density at radius 3 is 2.72 bits per heavy atom. The summed E-state index contributed by atoms with van der Waals surface area (Å²) in [5, 5.41) is 0. The zero-order valence-electron chi connectivity index (χ0n) is 14.8. The van der Waals surface area contributed by atoms with Crippen LogP contribution in [0.15, 0.2) is 76.9 Å². The molecule has 0 bridgehead atoms. The maximum Gasteiger partial charge on any atom is 0.159 e. The summed E-state index contributed by atoms with van der Waals surface area (Å²) < 4.78 is 0. The summed E-state index contributed by atoms with van der Waals surface area (Å²) in [5.74, 6) is 0.116. The minimum absolute atomic E-state index is 0.116. The molecular formula is C23H25NO. The van der Waals surface area contributed by atoms with E-state index < -0.39 is 0 Å². The van der Waals surface area contributed by atoms with E-state index in [0.29, 0.717) is 0 Å². The maximum atomic E-state index is 11.3. The van der Waals surface area contributed by atoms with Crippen molar-refractivity contribution >= 4 is 12.0 Å². The first-order chi connectivity index (χ1) is 12.2. The number of hydrogen-bond donors (Lipinski definition) is 0. The van der Waals surface area contributed by atoms with Crippen LogP contribution in [0.3, 0.4) is 0 Å². The van der Waals surface area contributed by atoms with E-state index in [1.54, 1.807) is 6.92 Å². The van der Waals surface area contributed by atoms with Crippen molar-refractivity contribution in [2.75, 3.05) is 0 Å². The molecule has 0 saturated heterocycles. The van der Waals surface area contributed by atoms with Crippen molar-refractivity contribution in [3.63, 3.8) is 0 Å². The van der Waals surface area contributed by atoms with Gasteiger partial charge in [0.1, 0.15) is 0 Å². The number of ketones is 1. The van der Waals surface area contributed by atoms with Gasteiger partial charge in [0, 0.05) is 11.8 Å². The Morgan fingerprint density at radius 1 is 1.12 bits per heavy atom. The van der Waals surface area contributed by atoms with Crippen LogP contribution in [-0.4, -0.2) is 18.0 Å². The van der Waals surface area contributed by atoms with Crippen LogP contribution in [0.1, 0.15) is 48.5 Å². The number of hydrogen-bond acceptors (Lipinski definition) is 2. The van der Waals surface area contributed by atoms with E-state index in [2.05, 4.69) is 41.4 Å². The molecule has 1 unspecified atom stereocenters. The summed E-state index contributed by atoms with van der Waals surface area (Å²) in [6.45, 7) is 1.60. The fraction of sp³-hybridized carbons (Fsp3) is 0.304. The number of carbonyl (C=O) groups is 1. The average Bonchev–Trinajstić information content (AvgIpc) is 3.13. The third-order valence-corrected chi connectivity index (χ3v) is 4.65. The van der Waals surface area contributed by atoms with E-state index >= 15 is 0 Å². The lowest BCUT2D eigenvalue weighted by molar-refractivity contribution is 0.101. The van der Waals surface area contributed by atoms with Gasteiger partial charge in [-0.2, -0.15) is 0 Å². The third-order valence-electron chi connectivity index (χ3n) is 4.65. The van der Waals surface area contributed by atoms with Crippen LogP contribution < -0.4 is 0 Å². The Balaban J connectivity index is 1.60. The first-order valence-corrected chi connectivity index (χ1v) is 9.11. The van der Waals surface area contributed by atoms with E-state index in [0.717, 1.165) is 31.2 Å². The highest BCUT2D eigenvalue weighted by Gasteiger charge is 2.13. The summed E-state index contributed by atoms with van der Waals surface area (Å²) in [7, 11) is 0. The molecule has 1 atom stereocenters. The Hall–Kier alpha value is -2.48. The maximum absolute atomic E-state index is 11.3. The molecule has 1 heterocycles. The molecule has 0 spiro atoms. The van der Waals surface area contributed by atoms with Crippen LogP contribution in [0.4, 0.5) is 0 Å². The fourth-order valence-electron chi connectivity index (χ4n) is 3.10. The molecule has 1 aliphatic carbocycles. The molecule has 0 radical (unpaired) electrons. The number of benzene rings is 1. The van der Waals surface area contributed by atoms with E-state index in [9.17, 15) is 4.79 Å². The molecule has 0 amide bonds. The SMILES string of the molecule is CC(=O)c1ccc(CCC2C=C(C3=C/C=C\CCC/C=C\3)C=N2)cc1. The van der Waals surface area contributed by atoms with Gasteiger partial charge in [0.05, 0.1) is 6.04 Å². The molecular weight excluding hydrogens is 306 g/mol. The van der Waals surface area contributed by atoms with Crippen LogP contribution in [0.2, 0.25) is 0 Å². The fourth-order valence-corrected chi connectivity index (χ4v) is 3.10. The second-order valence-electron chi connectivity index (χ2n) is 6.64. The van der Waals surface area contributed by atoms with Gasteiger partial charge in [0.15, 0.2) is 5.78 Å². The molecule has 3 rings (SSSR count). The molecule has 1 aliphatic heterocycles. The Kier molecular flexibility index (Phi) is 5.95. The molecule has 2 nitrogen and oxygen atoms in total. The lowest BCUT2D eigenvalue weighted by Crippen LogP contribution is -2.00. The highest BCUT2D eigenvalue weighted by Crippen LogP contribution is 2.21. The van der Waals surface area contributed by atoms with Crippen molar-refractivity contribution in [3.05, 3.63) is 83.0 Å². The zero-order chi connectivity index (χ0) is 17.5. The summed E-state index contributed by atoms with van der Waals surface area (Å²) in [4.78, 5) is 16.0. The van der Waals surface area contributed by atoms with E-state index in [1.165, 1.54) is 23.1 Å². The number of Topliss-reactive ketones (excluding diaryl/α,β-unsaturated/α-hetero) is 1. The second-order valence-corrected chi connectivity index (χ2v) is 6.64. The summed E-state index contributed by atoms with van der Waals surface area (Å²) in [6, 6.07) is 8.17. The average molecular weight is 331 g/mol. The van der Waals surface area contributed by atoms with Gasteiger partial charge in [-0.25, -0.2) is 0 Å². The van der Waals surface area contributed by atoms with Crippen molar-refractivity contribution in [2.24, 2.45) is 4.99 Å². The standard InChI is InChI=1S/C23H25NO/c1-18(25)20-13-10-19(11-14-20)12-15-23-16-22(17-24-23)21-8-6-4-2-3-5-7-9-21/h4,6-11,13-14,16-17,23H,2-3,5,12,15H2,1H3/b6-4-,9-7-,21-8+. The summed E-state index contributed by atoms with van der Waals surface area (Å²) in [6.07, 6.45) is 20.8. The van der Waals surface area contributed by atoms with Gasteiger partial charge in [-0.1, -0.05) is 60.7 Å². The summed E-state index contributed by atoms with van der Waals surface area (Å²) >= 11 is 0. The van der Waals surface area contributed by atoms with Gasteiger partial charge in [-0.05, 0) is 55.7 Å². The quantitative estimate of drug-likeness (QED) is 0.662. The highest BCUT2D eigenvalue weighted by atomic mass is 16.1. The largest absolute Gasteiger partial charge is 0.295 e. The van der Waals surface area contributed by atoms with Crippen molar-refractivity contribution in [2.45, 2.75) is 45.1 Å². The van der Waals surface area contributed by atoms with Crippen molar-refractivity contribution in [1.82, 2.24) is 0 Å². The third kappa shape index (κ3) is 4.99. The van der Waals surface area contributed by atoms with Crippen LogP contribution in [-0.2, 0) is 6.42 Å². The Bertz CT molecular complexity index is 760. The van der Waals surface area contributed by atoms with Crippen LogP contribution in [0, 0.1) is 0 Å². The van der Waals surface area contributed by atoms with Crippen LogP contribution in [0.25, 0.3) is 0 Å². The Morgan fingerprint density at radius 2 is 1.92 bits per heavy atom.